The third kappa shape index (κ3) is 6.23. The van der Waals surface area contributed by atoms with E-state index in [1.165, 1.54) is 19.2 Å². The Labute approximate surface area is 165 Å². The highest BCUT2D eigenvalue weighted by atomic mass is 32.2. The fraction of sp³-hybridized carbons (Fsp3) is 0.350. The maximum atomic E-state index is 12.9. The predicted molar refractivity (Wildman–Crippen MR) is 108 cm³/mol. The van der Waals surface area contributed by atoms with Crippen LogP contribution in [-0.4, -0.2) is 40.3 Å². The van der Waals surface area contributed by atoms with Gasteiger partial charge in [-0.15, -0.1) is 0 Å². The molecule has 1 amide bonds. The molecule has 0 saturated heterocycles. The van der Waals surface area contributed by atoms with E-state index in [0.717, 1.165) is 16.1 Å². The van der Waals surface area contributed by atoms with E-state index in [-0.39, 0.29) is 11.7 Å². The van der Waals surface area contributed by atoms with E-state index in [4.69, 9.17) is 4.74 Å². The maximum absolute atomic E-state index is 12.9. The summed E-state index contributed by atoms with van der Waals surface area (Å²) in [5, 5.41) is 2.82. The first kappa shape index (κ1) is 21.7. The number of sulfonamides is 1. The second kappa shape index (κ2) is 9.54. The van der Waals surface area contributed by atoms with Gasteiger partial charge in [0.2, 0.25) is 10.0 Å². The third-order valence-corrected chi connectivity index (χ3v) is 5.47. The van der Waals surface area contributed by atoms with Crippen LogP contribution in [0.3, 0.4) is 0 Å². The highest BCUT2D eigenvalue weighted by molar-refractivity contribution is 7.92. The zero-order valence-corrected chi connectivity index (χ0v) is 17.0. The Morgan fingerprint density at radius 2 is 1.75 bits per heavy atom. The van der Waals surface area contributed by atoms with Crippen LogP contribution < -0.4 is 14.4 Å². The number of ether oxygens (including phenoxy) is 1. The zero-order valence-electron chi connectivity index (χ0n) is 16.2. The molecule has 0 aliphatic heterocycles. The lowest BCUT2D eigenvalue weighted by Crippen LogP contribution is -2.38. The Kier molecular flexibility index (Phi) is 7.39. The van der Waals surface area contributed by atoms with Crippen LogP contribution in [-0.2, 0) is 21.2 Å². The van der Waals surface area contributed by atoms with Crippen molar-refractivity contribution in [3.8, 4) is 5.75 Å². The highest BCUT2D eigenvalue weighted by Gasteiger charge is 2.18. The lowest BCUT2D eigenvalue weighted by molar-refractivity contribution is -0.128. The van der Waals surface area contributed by atoms with E-state index in [1.54, 1.807) is 36.4 Å². The van der Waals surface area contributed by atoms with E-state index < -0.39 is 16.1 Å². The van der Waals surface area contributed by atoms with Crippen LogP contribution >= 0.6 is 0 Å². The fourth-order valence-corrected chi connectivity index (χ4v) is 3.01. The zero-order chi connectivity index (χ0) is 20.7. The molecule has 6 nitrogen and oxygen atoms in total. The number of rotatable bonds is 9. The first-order valence-electron chi connectivity index (χ1n) is 8.93. The Morgan fingerprint density at radius 1 is 1.14 bits per heavy atom. The molecule has 0 spiro atoms. The molecule has 0 saturated carbocycles. The molecule has 28 heavy (non-hydrogen) atoms. The predicted octanol–water partition coefficient (Wildman–Crippen LogP) is 2.74. The van der Waals surface area contributed by atoms with Gasteiger partial charge in [0.1, 0.15) is 11.6 Å². The maximum Gasteiger partial charge on any atom is 0.261 e. The Hall–Kier alpha value is -2.61. The van der Waals surface area contributed by atoms with Crippen molar-refractivity contribution >= 4 is 21.6 Å². The number of anilines is 1. The van der Waals surface area contributed by atoms with Gasteiger partial charge in [0.15, 0.2) is 6.10 Å². The van der Waals surface area contributed by atoms with Crippen LogP contribution in [0.25, 0.3) is 0 Å². The van der Waals surface area contributed by atoms with E-state index in [0.29, 0.717) is 30.8 Å². The van der Waals surface area contributed by atoms with Crippen molar-refractivity contribution in [3.63, 3.8) is 0 Å². The highest BCUT2D eigenvalue weighted by Crippen LogP contribution is 2.21. The minimum atomic E-state index is -3.34. The number of hydrogen-bond donors (Lipinski definition) is 1. The molecule has 1 N–H and O–H groups in total. The SMILES string of the molecule is CC[C@@H](Oc1ccc(N(C)S(C)(=O)=O)cc1)C(=O)NCCc1ccc(F)cc1. The normalized spacial score (nSPS) is 12.3. The summed E-state index contributed by atoms with van der Waals surface area (Å²) in [6.07, 6.45) is 1.54. The molecular formula is C20H25FN2O4S. The van der Waals surface area contributed by atoms with Crippen molar-refractivity contribution in [3.05, 3.63) is 59.9 Å². The monoisotopic (exact) mass is 408 g/mol. The second-order valence-corrected chi connectivity index (χ2v) is 8.42. The van der Waals surface area contributed by atoms with Gasteiger partial charge in [-0.2, -0.15) is 0 Å². The molecule has 0 radical (unpaired) electrons. The van der Waals surface area contributed by atoms with Crippen LogP contribution in [0, 0.1) is 5.82 Å². The lowest BCUT2D eigenvalue weighted by atomic mass is 10.1. The van der Waals surface area contributed by atoms with E-state index in [9.17, 15) is 17.6 Å². The molecule has 0 bridgehead atoms. The average Bonchev–Trinajstić information content (AvgIpc) is 2.66. The van der Waals surface area contributed by atoms with Crippen molar-refractivity contribution in [1.29, 1.82) is 0 Å². The molecule has 2 aromatic rings. The molecule has 2 aromatic carbocycles. The van der Waals surface area contributed by atoms with Gasteiger partial charge in [0.05, 0.1) is 11.9 Å². The summed E-state index contributed by atoms with van der Waals surface area (Å²) >= 11 is 0. The number of carbonyl (C=O) groups is 1. The molecule has 0 fully saturated rings. The topological polar surface area (TPSA) is 75.7 Å². The third-order valence-electron chi connectivity index (χ3n) is 4.27. The fourth-order valence-electron chi connectivity index (χ4n) is 2.51. The summed E-state index contributed by atoms with van der Waals surface area (Å²) in [4.78, 5) is 12.3. The summed E-state index contributed by atoms with van der Waals surface area (Å²) in [5.41, 5.74) is 1.44. The first-order valence-corrected chi connectivity index (χ1v) is 10.8. The molecule has 0 aliphatic carbocycles. The Morgan fingerprint density at radius 3 is 2.29 bits per heavy atom. The van der Waals surface area contributed by atoms with Crippen LogP contribution in [0.1, 0.15) is 18.9 Å². The van der Waals surface area contributed by atoms with Crippen LogP contribution in [0.15, 0.2) is 48.5 Å². The summed E-state index contributed by atoms with van der Waals surface area (Å²) in [5.74, 6) is -0.0471. The Bertz CT molecular complexity index is 883. The molecule has 0 heterocycles. The molecule has 0 aliphatic rings. The van der Waals surface area contributed by atoms with Crippen LogP contribution in [0.5, 0.6) is 5.75 Å². The van der Waals surface area contributed by atoms with Crippen molar-refractivity contribution in [2.24, 2.45) is 0 Å². The number of benzene rings is 2. The first-order chi connectivity index (χ1) is 13.2. The number of amides is 1. The lowest BCUT2D eigenvalue weighted by Gasteiger charge is -2.19. The van der Waals surface area contributed by atoms with Crippen LogP contribution in [0.2, 0.25) is 0 Å². The Balaban J connectivity index is 1.90. The quantitative estimate of drug-likeness (QED) is 0.692. The second-order valence-electron chi connectivity index (χ2n) is 6.41. The number of hydrogen-bond acceptors (Lipinski definition) is 4. The number of nitrogens with zero attached hydrogens (tertiary/aromatic N) is 1. The molecule has 0 aromatic heterocycles. The van der Waals surface area contributed by atoms with E-state index >= 15 is 0 Å². The average molecular weight is 408 g/mol. The van der Waals surface area contributed by atoms with Crippen LogP contribution in [0.4, 0.5) is 10.1 Å². The summed E-state index contributed by atoms with van der Waals surface area (Å²) in [7, 11) is -1.87. The summed E-state index contributed by atoms with van der Waals surface area (Å²) < 4.78 is 42.9. The van der Waals surface area contributed by atoms with Gasteiger partial charge < -0.3 is 10.1 Å². The number of carbonyl (C=O) groups excluding carboxylic acids is 1. The largest absolute Gasteiger partial charge is 0.481 e. The van der Waals surface area contributed by atoms with Gasteiger partial charge in [-0.05, 0) is 54.8 Å². The van der Waals surface area contributed by atoms with E-state index in [2.05, 4.69) is 5.32 Å². The number of halogens is 1. The minimum Gasteiger partial charge on any atom is -0.481 e. The van der Waals surface area contributed by atoms with Crippen molar-refractivity contribution < 1.29 is 22.3 Å². The van der Waals surface area contributed by atoms with Crippen molar-refractivity contribution in [2.45, 2.75) is 25.9 Å². The van der Waals surface area contributed by atoms with Gasteiger partial charge in [0, 0.05) is 13.6 Å². The van der Waals surface area contributed by atoms with Crippen molar-refractivity contribution in [1.82, 2.24) is 5.32 Å². The molecule has 152 valence electrons. The van der Waals surface area contributed by atoms with Gasteiger partial charge in [-0.1, -0.05) is 19.1 Å². The summed E-state index contributed by atoms with van der Waals surface area (Å²) in [6.45, 7) is 2.26. The van der Waals surface area contributed by atoms with Crippen molar-refractivity contribution in [2.75, 3.05) is 24.2 Å². The molecular weight excluding hydrogens is 383 g/mol. The molecule has 0 unspecified atom stereocenters. The molecule has 2 rings (SSSR count). The summed E-state index contributed by atoms with van der Waals surface area (Å²) in [6, 6.07) is 12.6. The van der Waals surface area contributed by atoms with Gasteiger partial charge in [-0.3, -0.25) is 9.10 Å². The minimum absolute atomic E-state index is 0.234. The smallest absolute Gasteiger partial charge is 0.261 e. The van der Waals surface area contributed by atoms with Gasteiger partial charge in [0.25, 0.3) is 5.91 Å². The standard InChI is InChI=1S/C20H25FN2O4S/c1-4-19(20(24)22-14-13-15-5-7-16(21)8-6-15)27-18-11-9-17(10-12-18)23(2)28(3,25)26/h5-12,19H,4,13-14H2,1-3H3,(H,22,24)/t19-/m1/s1. The van der Waals surface area contributed by atoms with Gasteiger partial charge >= 0.3 is 0 Å². The molecule has 8 heteroatoms. The van der Waals surface area contributed by atoms with E-state index in [1.807, 2.05) is 6.92 Å². The van der Waals surface area contributed by atoms with Gasteiger partial charge in [-0.25, -0.2) is 12.8 Å². The number of nitrogens with one attached hydrogen (secondary N) is 1. The molecule has 1 atom stereocenters.